The highest BCUT2D eigenvalue weighted by molar-refractivity contribution is 7.80. The number of carbonyl (C=O) groups is 1. The molecule has 0 aromatic carbocycles. The van der Waals surface area contributed by atoms with E-state index in [9.17, 15) is 54.1 Å². The standard InChI is InChI=1S/C20H35NO18S/c1-5-10(25)12(27)13(28)19(34-5)37-15-8(4-23)35-18(30)9(21-6(2)24)16(15)38-20-14(29)17(39-40(31,32)33)11(26)7(3-22)36-20/h5,7-20,22-23,25-30H,3-4H2,1-2H3,(H,21,24)(H,31,32,33). The SMILES string of the molecule is CC(=O)NC1C(O)OC(CO)C(OC2OC(C)C(O)C(O)C2O)C1OC1OC(CO)C(O)C(OS(=O)(=O)O)C1O. The van der Waals surface area contributed by atoms with Crippen LogP contribution in [0, 0.1) is 0 Å². The molecule has 0 radical (unpaired) electrons. The van der Waals surface area contributed by atoms with Crippen molar-refractivity contribution in [3.8, 4) is 0 Å². The van der Waals surface area contributed by atoms with Gasteiger partial charge >= 0.3 is 10.4 Å². The molecular weight excluding hydrogens is 574 g/mol. The lowest BCUT2D eigenvalue weighted by Crippen LogP contribution is -2.69. The molecule has 0 bridgehead atoms. The second kappa shape index (κ2) is 13.4. The van der Waals surface area contributed by atoms with E-state index in [2.05, 4.69) is 9.50 Å². The molecule has 3 aliphatic heterocycles. The fourth-order valence-corrected chi connectivity index (χ4v) is 5.15. The highest BCUT2D eigenvalue weighted by Crippen LogP contribution is 2.33. The quantitative estimate of drug-likeness (QED) is 0.109. The van der Waals surface area contributed by atoms with Crippen molar-refractivity contribution in [1.29, 1.82) is 0 Å². The monoisotopic (exact) mass is 609 g/mol. The van der Waals surface area contributed by atoms with E-state index in [4.69, 9.17) is 28.2 Å². The largest absolute Gasteiger partial charge is 0.397 e. The molecule has 3 rings (SSSR count). The maximum Gasteiger partial charge on any atom is 0.397 e. The van der Waals surface area contributed by atoms with Crippen LogP contribution in [-0.4, -0.2) is 165 Å². The summed E-state index contributed by atoms with van der Waals surface area (Å²) in [5.74, 6) is -0.732. The Bertz CT molecular complexity index is 956. The molecule has 19 nitrogen and oxygen atoms in total. The van der Waals surface area contributed by atoms with E-state index >= 15 is 0 Å². The number of nitrogens with one attached hydrogen (secondary N) is 1. The van der Waals surface area contributed by atoms with Gasteiger partial charge in [-0.2, -0.15) is 8.42 Å². The highest BCUT2D eigenvalue weighted by Gasteiger charge is 2.55. The highest BCUT2D eigenvalue weighted by atomic mass is 32.3. The zero-order valence-corrected chi connectivity index (χ0v) is 22.0. The van der Waals surface area contributed by atoms with Crippen LogP contribution in [0.3, 0.4) is 0 Å². The molecule has 0 saturated carbocycles. The summed E-state index contributed by atoms with van der Waals surface area (Å²) in [7, 11) is -5.25. The summed E-state index contributed by atoms with van der Waals surface area (Å²) < 4.78 is 63.6. The molecule has 15 unspecified atom stereocenters. The minimum absolute atomic E-state index is 0.732. The number of hydrogen-bond donors (Lipinski definition) is 10. The molecule has 3 saturated heterocycles. The van der Waals surface area contributed by atoms with Gasteiger partial charge in [0, 0.05) is 6.92 Å². The van der Waals surface area contributed by atoms with Crippen molar-refractivity contribution >= 4 is 16.3 Å². The Kier molecular flexibility index (Phi) is 11.2. The van der Waals surface area contributed by atoms with Crippen molar-refractivity contribution in [2.24, 2.45) is 0 Å². The van der Waals surface area contributed by atoms with Crippen molar-refractivity contribution in [1.82, 2.24) is 5.32 Å². The van der Waals surface area contributed by atoms with Crippen molar-refractivity contribution in [2.45, 2.75) is 106 Å². The predicted molar refractivity (Wildman–Crippen MR) is 122 cm³/mol. The zero-order valence-electron chi connectivity index (χ0n) is 21.2. The minimum Gasteiger partial charge on any atom is -0.394 e. The smallest absolute Gasteiger partial charge is 0.394 e. The van der Waals surface area contributed by atoms with Gasteiger partial charge in [0.25, 0.3) is 0 Å². The molecule has 10 N–H and O–H groups in total. The number of carbonyl (C=O) groups excluding carboxylic acids is 1. The molecule has 15 atom stereocenters. The average Bonchev–Trinajstić information content (AvgIpc) is 2.87. The maximum atomic E-state index is 11.9. The second-order valence-corrected chi connectivity index (χ2v) is 10.6. The van der Waals surface area contributed by atoms with Crippen LogP contribution in [0.5, 0.6) is 0 Å². The first-order valence-corrected chi connectivity index (χ1v) is 13.5. The Morgan fingerprint density at radius 3 is 1.90 bits per heavy atom. The van der Waals surface area contributed by atoms with Gasteiger partial charge in [-0.15, -0.1) is 0 Å². The van der Waals surface area contributed by atoms with Gasteiger partial charge in [-0.1, -0.05) is 0 Å². The third kappa shape index (κ3) is 7.42. The molecule has 234 valence electrons. The van der Waals surface area contributed by atoms with E-state index in [1.807, 2.05) is 0 Å². The summed E-state index contributed by atoms with van der Waals surface area (Å²) >= 11 is 0. The molecule has 3 fully saturated rings. The predicted octanol–water partition coefficient (Wildman–Crippen LogP) is -6.57. The molecule has 0 aromatic heterocycles. The van der Waals surface area contributed by atoms with E-state index in [0.717, 1.165) is 6.92 Å². The van der Waals surface area contributed by atoms with Gasteiger partial charge in [-0.05, 0) is 6.92 Å². The Balaban J connectivity index is 1.97. The molecule has 1 amide bonds. The van der Waals surface area contributed by atoms with Crippen LogP contribution in [0.25, 0.3) is 0 Å². The summed E-state index contributed by atoms with van der Waals surface area (Å²) in [6.07, 6.45) is -24.5. The number of ether oxygens (including phenoxy) is 5. The van der Waals surface area contributed by atoms with Crippen LogP contribution >= 0.6 is 0 Å². The van der Waals surface area contributed by atoms with E-state index in [1.54, 1.807) is 0 Å². The normalized spacial score (nSPS) is 46.6. The molecule has 20 heteroatoms. The maximum absolute atomic E-state index is 11.9. The fraction of sp³-hybridized carbons (Fsp3) is 0.950. The van der Waals surface area contributed by atoms with E-state index in [1.165, 1.54) is 6.92 Å². The van der Waals surface area contributed by atoms with Gasteiger partial charge in [-0.25, -0.2) is 4.18 Å². The van der Waals surface area contributed by atoms with Crippen LogP contribution < -0.4 is 5.32 Å². The van der Waals surface area contributed by atoms with Crippen molar-refractivity contribution in [2.75, 3.05) is 13.2 Å². The number of amides is 1. The Morgan fingerprint density at radius 1 is 0.775 bits per heavy atom. The van der Waals surface area contributed by atoms with Crippen LogP contribution in [0.1, 0.15) is 13.8 Å². The Labute approximate surface area is 227 Å². The van der Waals surface area contributed by atoms with E-state index < -0.39 is 122 Å². The minimum atomic E-state index is -5.25. The second-order valence-electron chi connectivity index (χ2n) is 9.55. The molecule has 0 aliphatic carbocycles. The molecule has 0 aromatic rings. The summed E-state index contributed by atoms with van der Waals surface area (Å²) in [6.45, 7) is 0.602. The lowest BCUT2D eigenvalue weighted by atomic mass is 9.94. The lowest BCUT2D eigenvalue weighted by molar-refractivity contribution is -0.369. The number of aliphatic hydroxyl groups excluding tert-OH is 8. The summed E-state index contributed by atoms with van der Waals surface area (Å²) in [4.78, 5) is 11.9. The van der Waals surface area contributed by atoms with Crippen LogP contribution in [0.4, 0.5) is 0 Å². The fourth-order valence-electron chi connectivity index (χ4n) is 4.64. The Morgan fingerprint density at radius 2 is 1.35 bits per heavy atom. The average molecular weight is 610 g/mol. The van der Waals surface area contributed by atoms with Crippen LogP contribution in [0.2, 0.25) is 0 Å². The van der Waals surface area contributed by atoms with Crippen molar-refractivity contribution < 1.29 is 86.5 Å². The molecular formula is C20H35NO18S. The molecule has 3 aliphatic rings. The summed E-state index contributed by atoms with van der Waals surface area (Å²) in [6, 6.07) is -1.56. The van der Waals surface area contributed by atoms with Gasteiger partial charge in [0.05, 0.1) is 19.3 Å². The van der Waals surface area contributed by atoms with E-state index in [-0.39, 0.29) is 0 Å². The van der Waals surface area contributed by atoms with E-state index in [0.29, 0.717) is 0 Å². The van der Waals surface area contributed by atoms with Crippen molar-refractivity contribution in [3.05, 3.63) is 0 Å². The van der Waals surface area contributed by atoms with Gasteiger partial charge in [0.2, 0.25) is 5.91 Å². The van der Waals surface area contributed by atoms with Gasteiger partial charge in [0.15, 0.2) is 18.9 Å². The van der Waals surface area contributed by atoms with Crippen molar-refractivity contribution in [3.63, 3.8) is 0 Å². The first-order chi connectivity index (χ1) is 18.6. The van der Waals surface area contributed by atoms with Gasteiger partial charge in [0.1, 0.15) is 67.1 Å². The summed E-state index contributed by atoms with van der Waals surface area (Å²) in [5, 5.41) is 84.0. The molecule has 3 heterocycles. The third-order valence-corrected chi connectivity index (χ3v) is 7.13. The first kappa shape index (κ1) is 33.3. The number of aliphatic hydroxyl groups is 8. The number of rotatable bonds is 9. The lowest BCUT2D eigenvalue weighted by Gasteiger charge is -2.49. The van der Waals surface area contributed by atoms with Gasteiger partial charge in [-0.3, -0.25) is 9.35 Å². The first-order valence-electron chi connectivity index (χ1n) is 12.1. The molecule has 40 heavy (non-hydrogen) atoms. The topological polar surface area (TPSA) is 301 Å². The van der Waals surface area contributed by atoms with Gasteiger partial charge < -0.3 is 69.9 Å². The Hall–Kier alpha value is -1.18. The van der Waals surface area contributed by atoms with Crippen LogP contribution in [-0.2, 0) is 43.1 Å². The summed E-state index contributed by atoms with van der Waals surface area (Å²) in [5.41, 5.74) is 0. The third-order valence-electron chi connectivity index (χ3n) is 6.66. The molecule has 0 spiro atoms. The zero-order chi connectivity index (χ0) is 30.1. The number of hydrogen-bond acceptors (Lipinski definition) is 17. The van der Waals surface area contributed by atoms with Crippen LogP contribution in [0.15, 0.2) is 0 Å².